The van der Waals surface area contributed by atoms with Crippen molar-refractivity contribution in [1.82, 2.24) is 0 Å². The highest BCUT2D eigenvalue weighted by molar-refractivity contribution is 6.21. The molecule has 1 aromatic carbocycles. The summed E-state index contributed by atoms with van der Waals surface area (Å²) in [4.78, 5) is 32.4. The predicted octanol–water partition coefficient (Wildman–Crippen LogP) is 2.41. The first-order chi connectivity index (χ1) is 8.93. The Balaban J connectivity index is 3.09. The maximum absolute atomic E-state index is 11.0. The molecule has 0 spiro atoms. The van der Waals surface area contributed by atoms with Crippen LogP contribution < -0.4 is 9.47 Å². The van der Waals surface area contributed by atoms with E-state index in [9.17, 15) is 14.4 Å². The molecule has 0 aliphatic carbocycles. The van der Waals surface area contributed by atoms with Gasteiger partial charge in [-0.3, -0.25) is 9.59 Å². The number of hydrogen-bond donors (Lipinski definition) is 0. The minimum atomic E-state index is -0.549. The molecular formula is C13H13ClO5. The van der Waals surface area contributed by atoms with Crippen LogP contribution in [0.1, 0.15) is 31.2 Å². The maximum atomic E-state index is 11.0. The van der Waals surface area contributed by atoms with Gasteiger partial charge >= 0.3 is 11.9 Å². The third-order valence-electron chi connectivity index (χ3n) is 2.14. The first kappa shape index (κ1) is 15.2. The van der Waals surface area contributed by atoms with E-state index in [1.54, 1.807) is 6.07 Å². The van der Waals surface area contributed by atoms with Crippen LogP contribution in [0.15, 0.2) is 18.2 Å². The van der Waals surface area contributed by atoms with Crippen LogP contribution in [0.4, 0.5) is 0 Å². The largest absolute Gasteiger partial charge is 0.423 e. The molecule has 1 unspecified atom stereocenters. The van der Waals surface area contributed by atoms with Crippen LogP contribution in [0.5, 0.6) is 11.5 Å². The van der Waals surface area contributed by atoms with E-state index in [1.807, 2.05) is 0 Å². The molecule has 6 heteroatoms. The monoisotopic (exact) mass is 284 g/mol. The lowest BCUT2D eigenvalue weighted by Crippen LogP contribution is -2.07. The zero-order valence-electron chi connectivity index (χ0n) is 10.5. The summed E-state index contributed by atoms with van der Waals surface area (Å²) >= 11 is 5.99. The minimum absolute atomic E-state index is 0.0942. The molecule has 102 valence electrons. The Morgan fingerprint density at radius 1 is 1.21 bits per heavy atom. The van der Waals surface area contributed by atoms with Crippen molar-refractivity contribution in [2.45, 2.75) is 25.6 Å². The average molecular weight is 285 g/mol. The van der Waals surface area contributed by atoms with Crippen molar-refractivity contribution in [2.75, 3.05) is 0 Å². The highest BCUT2D eigenvalue weighted by Gasteiger charge is 2.15. The lowest BCUT2D eigenvalue weighted by Gasteiger charge is -2.12. The Labute approximate surface area is 115 Å². The average Bonchev–Trinajstić information content (AvgIpc) is 2.30. The van der Waals surface area contributed by atoms with Gasteiger partial charge in [-0.25, -0.2) is 0 Å². The van der Waals surface area contributed by atoms with E-state index in [2.05, 4.69) is 0 Å². The summed E-state index contributed by atoms with van der Waals surface area (Å²) in [5, 5.41) is -0.529. The van der Waals surface area contributed by atoms with Crippen LogP contribution in [0.2, 0.25) is 0 Å². The number of hydrogen-bond acceptors (Lipinski definition) is 5. The molecule has 0 fully saturated rings. The summed E-state index contributed by atoms with van der Waals surface area (Å²) in [6.45, 7) is 2.47. The van der Waals surface area contributed by atoms with E-state index in [-0.39, 0.29) is 17.9 Å². The SMILES string of the molecule is CC(=O)Oc1ccc(C(Cl)CC=O)cc1OC(C)=O. The third kappa shape index (κ3) is 4.71. The number of carbonyl (C=O) groups is 3. The molecule has 0 saturated carbocycles. The van der Waals surface area contributed by atoms with Gasteiger partial charge in [0.1, 0.15) is 6.29 Å². The van der Waals surface area contributed by atoms with Crippen LogP contribution in [0.25, 0.3) is 0 Å². The topological polar surface area (TPSA) is 69.7 Å². The number of alkyl halides is 1. The molecule has 1 aromatic rings. The number of benzene rings is 1. The van der Waals surface area contributed by atoms with Gasteiger partial charge in [-0.15, -0.1) is 11.6 Å². The Hall–Kier alpha value is -1.88. The fourth-order valence-corrected chi connectivity index (χ4v) is 1.62. The highest BCUT2D eigenvalue weighted by Crippen LogP contribution is 2.33. The Morgan fingerprint density at radius 3 is 2.32 bits per heavy atom. The van der Waals surface area contributed by atoms with Crippen molar-refractivity contribution in [3.05, 3.63) is 23.8 Å². The van der Waals surface area contributed by atoms with Crippen molar-refractivity contribution in [2.24, 2.45) is 0 Å². The first-order valence-corrected chi connectivity index (χ1v) is 5.96. The van der Waals surface area contributed by atoms with Crippen LogP contribution in [-0.2, 0) is 14.4 Å². The maximum Gasteiger partial charge on any atom is 0.308 e. The molecule has 0 aliphatic heterocycles. The van der Waals surface area contributed by atoms with Gasteiger partial charge in [0, 0.05) is 20.3 Å². The smallest absolute Gasteiger partial charge is 0.308 e. The van der Waals surface area contributed by atoms with Gasteiger partial charge in [-0.1, -0.05) is 6.07 Å². The molecule has 0 heterocycles. The molecule has 0 radical (unpaired) electrons. The van der Waals surface area contributed by atoms with Crippen molar-refractivity contribution < 1.29 is 23.9 Å². The summed E-state index contributed by atoms with van der Waals surface area (Å²) in [5.41, 5.74) is 0.598. The van der Waals surface area contributed by atoms with E-state index in [0.717, 1.165) is 0 Å². The second-order valence-corrected chi connectivity index (χ2v) is 4.29. The Morgan fingerprint density at radius 2 is 1.79 bits per heavy atom. The number of rotatable bonds is 5. The number of carbonyl (C=O) groups excluding carboxylic acids is 3. The van der Waals surface area contributed by atoms with Crippen molar-refractivity contribution >= 4 is 29.8 Å². The number of ether oxygens (including phenoxy) is 2. The third-order valence-corrected chi connectivity index (χ3v) is 2.57. The molecule has 5 nitrogen and oxygen atoms in total. The lowest BCUT2D eigenvalue weighted by atomic mass is 10.1. The van der Waals surface area contributed by atoms with Crippen LogP contribution in [-0.4, -0.2) is 18.2 Å². The summed E-state index contributed by atoms with van der Waals surface area (Å²) in [5.74, 6) is -0.860. The van der Waals surface area contributed by atoms with Crippen LogP contribution >= 0.6 is 11.6 Å². The summed E-state index contributed by atoms with van der Waals surface area (Å²) in [7, 11) is 0. The van der Waals surface area contributed by atoms with Gasteiger partial charge in [0.15, 0.2) is 11.5 Å². The first-order valence-electron chi connectivity index (χ1n) is 5.52. The van der Waals surface area contributed by atoms with Gasteiger partial charge in [-0.2, -0.15) is 0 Å². The van der Waals surface area contributed by atoms with Gasteiger partial charge < -0.3 is 14.3 Å². The molecule has 0 aliphatic rings. The Kier molecular flexibility index (Phi) is 5.51. The van der Waals surface area contributed by atoms with Gasteiger partial charge in [0.2, 0.25) is 0 Å². The summed E-state index contributed by atoms with van der Waals surface area (Å²) < 4.78 is 9.86. The second kappa shape index (κ2) is 6.89. The molecule has 19 heavy (non-hydrogen) atoms. The molecule has 0 bridgehead atoms. The summed E-state index contributed by atoms with van der Waals surface area (Å²) in [6.07, 6.45) is 0.830. The zero-order chi connectivity index (χ0) is 14.4. The molecule has 0 N–H and O–H groups in total. The summed E-state index contributed by atoms with van der Waals surface area (Å²) in [6, 6.07) is 4.54. The zero-order valence-corrected chi connectivity index (χ0v) is 11.3. The molecular weight excluding hydrogens is 272 g/mol. The fraction of sp³-hybridized carbons (Fsp3) is 0.308. The molecule has 0 amide bonds. The minimum Gasteiger partial charge on any atom is -0.423 e. The van der Waals surface area contributed by atoms with Crippen LogP contribution in [0, 0.1) is 0 Å². The number of esters is 2. The van der Waals surface area contributed by atoms with Crippen molar-refractivity contribution in [3.63, 3.8) is 0 Å². The standard InChI is InChI=1S/C13H13ClO5/c1-8(16)18-12-4-3-10(11(14)5-6-15)7-13(12)19-9(2)17/h3-4,6-7,11H,5H2,1-2H3. The van der Waals surface area contributed by atoms with Gasteiger partial charge in [-0.05, 0) is 17.7 Å². The van der Waals surface area contributed by atoms with E-state index >= 15 is 0 Å². The van der Waals surface area contributed by atoms with E-state index in [1.165, 1.54) is 26.0 Å². The normalized spacial score (nSPS) is 11.5. The quantitative estimate of drug-likeness (QED) is 0.359. The highest BCUT2D eigenvalue weighted by atomic mass is 35.5. The lowest BCUT2D eigenvalue weighted by molar-refractivity contribution is -0.134. The van der Waals surface area contributed by atoms with E-state index in [0.29, 0.717) is 11.8 Å². The van der Waals surface area contributed by atoms with Crippen molar-refractivity contribution in [1.29, 1.82) is 0 Å². The Bertz CT molecular complexity index is 498. The van der Waals surface area contributed by atoms with E-state index in [4.69, 9.17) is 21.1 Å². The van der Waals surface area contributed by atoms with Gasteiger partial charge in [0.25, 0.3) is 0 Å². The van der Waals surface area contributed by atoms with Crippen molar-refractivity contribution in [3.8, 4) is 11.5 Å². The molecule has 1 rings (SSSR count). The second-order valence-electron chi connectivity index (χ2n) is 3.76. The molecule has 0 aromatic heterocycles. The fourth-order valence-electron chi connectivity index (χ4n) is 1.41. The molecule has 1 atom stereocenters. The predicted molar refractivity (Wildman–Crippen MR) is 68.3 cm³/mol. The van der Waals surface area contributed by atoms with Crippen LogP contribution in [0.3, 0.4) is 0 Å². The molecule has 0 saturated heterocycles. The number of halogens is 1. The van der Waals surface area contributed by atoms with E-state index < -0.39 is 17.3 Å². The number of aldehydes is 1. The van der Waals surface area contributed by atoms with Gasteiger partial charge in [0.05, 0.1) is 5.38 Å².